The van der Waals surface area contributed by atoms with Crippen molar-refractivity contribution >= 4 is 5.82 Å². The van der Waals surface area contributed by atoms with E-state index in [0.717, 1.165) is 38.4 Å². The molecule has 1 unspecified atom stereocenters. The van der Waals surface area contributed by atoms with E-state index < -0.39 is 0 Å². The number of anilines is 1. The highest BCUT2D eigenvalue weighted by Crippen LogP contribution is 2.22. The van der Waals surface area contributed by atoms with E-state index in [4.69, 9.17) is 10.5 Å². The normalized spacial score (nSPS) is 18.2. The van der Waals surface area contributed by atoms with Gasteiger partial charge < -0.3 is 15.4 Å². The summed E-state index contributed by atoms with van der Waals surface area (Å²) in [6.45, 7) is 5.16. The number of nitrogens with two attached hydrogens (primary N) is 1. The summed E-state index contributed by atoms with van der Waals surface area (Å²) in [6.07, 6.45) is 6.29. The standard InChI is InChI=1S/C16H27N3O/c1-3-15(17)10-14-4-5-16(18-11-14)19-8-6-13(7-9-19)12-20-2/h4-5,11,13,15H,3,6-10,12,17H2,1-2H3. The lowest BCUT2D eigenvalue weighted by Gasteiger charge is -2.32. The highest BCUT2D eigenvalue weighted by molar-refractivity contribution is 5.39. The molecule has 0 aliphatic carbocycles. The largest absolute Gasteiger partial charge is 0.384 e. The Balaban J connectivity index is 1.87. The second-order valence-corrected chi connectivity index (χ2v) is 5.78. The van der Waals surface area contributed by atoms with Crippen LogP contribution in [0.4, 0.5) is 5.82 Å². The molecule has 2 heterocycles. The molecule has 0 saturated carbocycles. The molecule has 2 N–H and O–H groups in total. The highest BCUT2D eigenvalue weighted by Gasteiger charge is 2.19. The molecular weight excluding hydrogens is 250 g/mol. The molecule has 0 aromatic carbocycles. The van der Waals surface area contributed by atoms with Crippen molar-refractivity contribution in [2.75, 3.05) is 31.7 Å². The molecule has 1 aliphatic rings. The highest BCUT2D eigenvalue weighted by atomic mass is 16.5. The first-order chi connectivity index (χ1) is 9.72. The average Bonchev–Trinajstić information content (AvgIpc) is 2.49. The fraction of sp³-hybridized carbons (Fsp3) is 0.688. The summed E-state index contributed by atoms with van der Waals surface area (Å²) in [7, 11) is 1.79. The smallest absolute Gasteiger partial charge is 0.128 e. The van der Waals surface area contributed by atoms with Crippen LogP contribution in [0.1, 0.15) is 31.7 Å². The van der Waals surface area contributed by atoms with Gasteiger partial charge in [0.2, 0.25) is 0 Å². The Morgan fingerprint density at radius 1 is 1.40 bits per heavy atom. The lowest BCUT2D eigenvalue weighted by atomic mass is 9.98. The van der Waals surface area contributed by atoms with E-state index in [-0.39, 0.29) is 6.04 Å². The zero-order valence-corrected chi connectivity index (χ0v) is 12.7. The molecule has 20 heavy (non-hydrogen) atoms. The van der Waals surface area contributed by atoms with Crippen molar-refractivity contribution < 1.29 is 4.74 Å². The summed E-state index contributed by atoms with van der Waals surface area (Å²) >= 11 is 0. The molecule has 1 aromatic heterocycles. The predicted molar refractivity (Wildman–Crippen MR) is 83.0 cm³/mol. The summed E-state index contributed by atoms with van der Waals surface area (Å²) in [5.41, 5.74) is 7.21. The molecule has 1 fully saturated rings. The van der Waals surface area contributed by atoms with Crippen molar-refractivity contribution in [3.63, 3.8) is 0 Å². The van der Waals surface area contributed by atoms with Crippen LogP contribution in [0.15, 0.2) is 18.3 Å². The molecule has 0 spiro atoms. The molecule has 1 saturated heterocycles. The third-order valence-electron chi connectivity index (χ3n) is 4.17. The van der Waals surface area contributed by atoms with Crippen LogP contribution in [0.3, 0.4) is 0 Å². The number of aromatic nitrogens is 1. The average molecular weight is 277 g/mol. The van der Waals surface area contributed by atoms with Crippen LogP contribution in [-0.4, -0.2) is 37.8 Å². The zero-order chi connectivity index (χ0) is 14.4. The van der Waals surface area contributed by atoms with Gasteiger partial charge in [0.1, 0.15) is 5.82 Å². The van der Waals surface area contributed by atoms with E-state index in [1.807, 2.05) is 6.20 Å². The number of ether oxygens (including phenoxy) is 1. The van der Waals surface area contributed by atoms with Gasteiger partial charge in [-0.15, -0.1) is 0 Å². The topological polar surface area (TPSA) is 51.4 Å². The maximum Gasteiger partial charge on any atom is 0.128 e. The van der Waals surface area contributed by atoms with Gasteiger partial charge in [0.25, 0.3) is 0 Å². The van der Waals surface area contributed by atoms with E-state index in [2.05, 4.69) is 28.9 Å². The van der Waals surface area contributed by atoms with Gasteiger partial charge in [-0.1, -0.05) is 13.0 Å². The fourth-order valence-corrected chi connectivity index (χ4v) is 2.74. The van der Waals surface area contributed by atoms with Crippen molar-refractivity contribution in [1.82, 2.24) is 4.98 Å². The third kappa shape index (κ3) is 4.18. The van der Waals surface area contributed by atoms with Crippen LogP contribution in [0.5, 0.6) is 0 Å². The molecule has 1 atom stereocenters. The number of pyridine rings is 1. The Morgan fingerprint density at radius 3 is 2.70 bits per heavy atom. The monoisotopic (exact) mass is 277 g/mol. The summed E-state index contributed by atoms with van der Waals surface area (Å²) in [5.74, 6) is 1.80. The van der Waals surface area contributed by atoms with Crippen molar-refractivity contribution in [2.24, 2.45) is 11.7 Å². The second-order valence-electron chi connectivity index (χ2n) is 5.78. The molecule has 0 radical (unpaired) electrons. The molecule has 0 amide bonds. The van der Waals surface area contributed by atoms with Gasteiger partial charge in [-0.2, -0.15) is 0 Å². The van der Waals surface area contributed by atoms with Crippen molar-refractivity contribution in [2.45, 2.75) is 38.6 Å². The van der Waals surface area contributed by atoms with Crippen molar-refractivity contribution in [3.05, 3.63) is 23.9 Å². The van der Waals surface area contributed by atoms with E-state index in [1.165, 1.54) is 18.4 Å². The summed E-state index contributed by atoms with van der Waals surface area (Å²) in [5, 5.41) is 0. The van der Waals surface area contributed by atoms with Gasteiger partial charge in [0, 0.05) is 39.0 Å². The Kier molecular flexibility index (Phi) is 5.80. The first-order valence-electron chi connectivity index (χ1n) is 7.67. The molecular formula is C16H27N3O. The molecule has 2 rings (SSSR count). The minimum absolute atomic E-state index is 0.243. The molecule has 0 bridgehead atoms. The first kappa shape index (κ1) is 15.3. The first-order valence-corrected chi connectivity index (χ1v) is 7.67. The lowest BCUT2D eigenvalue weighted by molar-refractivity contribution is 0.139. The van der Waals surface area contributed by atoms with Crippen LogP contribution in [0.2, 0.25) is 0 Å². The van der Waals surface area contributed by atoms with Crippen LogP contribution in [0, 0.1) is 5.92 Å². The van der Waals surface area contributed by atoms with Crippen LogP contribution >= 0.6 is 0 Å². The van der Waals surface area contributed by atoms with Gasteiger partial charge in [-0.25, -0.2) is 4.98 Å². The Bertz CT molecular complexity index is 385. The van der Waals surface area contributed by atoms with Gasteiger partial charge in [0.15, 0.2) is 0 Å². The van der Waals surface area contributed by atoms with Crippen molar-refractivity contribution in [1.29, 1.82) is 0 Å². The maximum atomic E-state index is 5.98. The van der Waals surface area contributed by atoms with E-state index in [9.17, 15) is 0 Å². The van der Waals surface area contributed by atoms with Crippen LogP contribution in [0.25, 0.3) is 0 Å². The number of hydrogen-bond donors (Lipinski definition) is 1. The van der Waals surface area contributed by atoms with Gasteiger partial charge >= 0.3 is 0 Å². The molecule has 4 nitrogen and oxygen atoms in total. The SMILES string of the molecule is CCC(N)Cc1ccc(N2CCC(COC)CC2)nc1. The van der Waals surface area contributed by atoms with E-state index >= 15 is 0 Å². The van der Waals surface area contributed by atoms with Gasteiger partial charge in [-0.05, 0) is 43.2 Å². The number of rotatable bonds is 6. The Hall–Kier alpha value is -1.13. The van der Waals surface area contributed by atoms with Gasteiger partial charge in [-0.3, -0.25) is 0 Å². The fourth-order valence-electron chi connectivity index (χ4n) is 2.74. The quantitative estimate of drug-likeness (QED) is 0.866. The van der Waals surface area contributed by atoms with Crippen LogP contribution in [-0.2, 0) is 11.2 Å². The molecule has 1 aromatic rings. The van der Waals surface area contributed by atoms with Crippen molar-refractivity contribution in [3.8, 4) is 0 Å². The predicted octanol–water partition coefficient (Wildman–Crippen LogP) is 2.22. The second kappa shape index (κ2) is 7.60. The van der Waals surface area contributed by atoms with Gasteiger partial charge in [0.05, 0.1) is 0 Å². The minimum atomic E-state index is 0.243. The summed E-state index contributed by atoms with van der Waals surface area (Å²) in [4.78, 5) is 6.97. The van der Waals surface area contributed by atoms with E-state index in [0.29, 0.717) is 5.92 Å². The number of piperidine rings is 1. The number of methoxy groups -OCH3 is 1. The third-order valence-corrected chi connectivity index (χ3v) is 4.17. The number of nitrogens with zero attached hydrogens (tertiary/aromatic N) is 2. The van der Waals surface area contributed by atoms with E-state index in [1.54, 1.807) is 7.11 Å². The Labute approximate surface area is 122 Å². The summed E-state index contributed by atoms with van der Waals surface area (Å²) < 4.78 is 5.24. The zero-order valence-electron chi connectivity index (χ0n) is 12.7. The summed E-state index contributed by atoms with van der Waals surface area (Å²) in [6, 6.07) is 4.54. The maximum absolute atomic E-state index is 5.98. The lowest BCUT2D eigenvalue weighted by Crippen LogP contribution is -2.35. The molecule has 4 heteroatoms. The van der Waals surface area contributed by atoms with Crippen LogP contribution < -0.4 is 10.6 Å². The molecule has 1 aliphatic heterocycles. The minimum Gasteiger partial charge on any atom is -0.384 e. The molecule has 112 valence electrons. The number of hydrogen-bond acceptors (Lipinski definition) is 4. The Morgan fingerprint density at radius 2 is 2.15 bits per heavy atom.